The molecule has 1 atom stereocenters. The van der Waals surface area contributed by atoms with Crippen LogP contribution in [0.2, 0.25) is 0 Å². The van der Waals surface area contributed by atoms with Gasteiger partial charge in [0.25, 0.3) is 0 Å². The third-order valence-electron chi connectivity index (χ3n) is 4.34. The Bertz CT molecular complexity index is 516. The summed E-state index contributed by atoms with van der Waals surface area (Å²) in [6.45, 7) is 5.05. The molecule has 122 valence electrons. The van der Waals surface area contributed by atoms with Crippen molar-refractivity contribution >= 4 is 6.08 Å². The summed E-state index contributed by atoms with van der Waals surface area (Å²) >= 11 is 0. The van der Waals surface area contributed by atoms with Crippen molar-refractivity contribution in [1.29, 1.82) is 0 Å². The van der Waals surface area contributed by atoms with Crippen LogP contribution >= 0.6 is 0 Å². The number of nitrogens with one attached hydrogen (secondary N) is 1. The molecular weight excluding hydrogens is 279 g/mol. The van der Waals surface area contributed by atoms with Gasteiger partial charge in [-0.1, -0.05) is 11.6 Å². The van der Waals surface area contributed by atoms with Crippen molar-refractivity contribution in [2.75, 3.05) is 33.8 Å². The van der Waals surface area contributed by atoms with Crippen molar-refractivity contribution < 1.29 is 9.13 Å². The van der Waals surface area contributed by atoms with Crippen molar-refractivity contribution in [3.63, 3.8) is 0 Å². The number of hydrogen-bond acceptors (Lipinski definition) is 3. The van der Waals surface area contributed by atoms with Gasteiger partial charge in [0.2, 0.25) is 0 Å². The van der Waals surface area contributed by atoms with Crippen LogP contribution in [0.4, 0.5) is 4.39 Å². The van der Waals surface area contributed by atoms with Gasteiger partial charge in [0, 0.05) is 24.2 Å². The molecule has 1 aromatic carbocycles. The molecule has 22 heavy (non-hydrogen) atoms. The minimum atomic E-state index is -0.244. The fourth-order valence-electron chi connectivity index (χ4n) is 2.97. The predicted octanol–water partition coefficient (Wildman–Crippen LogP) is 3.31. The molecule has 1 aliphatic rings. The second-order valence-electron chi connectivity index (χ2n) is 6.12. The molecule has 4 heteroatoms. The van der Waals surface area contributed by atoms with Crippen LogP contribution < -0.4 is 10.1 Å². The Hall–Kier alpha value is -1.39. The lowest BCUT2D eigenvalue weighted by molar-refractivity contribution is 0.294. The van der Waals surface area contributed by atoms with E-state index in [1.165, 1.54) is 31.9 Å². The van der Waals surface area contributed by atoms with E-state index < -0.39 is 0 Å². The van der Waals surface area contributed by atoms with Crippen LogP contribution in [-0.4, -0.2) is 44.7 Å². The monoisotopic (exact) mass is 306 g/mol. The van der Waals surface area contributed by atoms with Crippen LogP contribution in [0.5, 0.6) is 5.75 Å². The number of nitrogens with zero attached hydrogens (tertiary/aromatic N) is 1. The summed E-state index contributed by atoms with van der Waals surface area (Å²) in [6.07, 6.45) is 5.70. The first kappa shape index (κ1) is 17.0. The number of likely N-dealkylation sites (tertiary alicyclic amines) is 1. The highest BCUT2D eigenvalue weighted by molar-refractivity contribution is 5.54. The minimum absolute atomic E-state index is 0.244. The molecule has 0 aromatic heterocycles. The topological polar surface area (TPSA) is 24.5 Å². The van der Waals surface area contributed by atoms with Crippen molar-refractivity contribution in [3.05, 3.63) is 35.2 Å². The van der Waals surface area contributed by atoms with E-state index in [4.69, 9.17) is 4.74 Å². The van der Waals surface area contributed by atoms with Gasteiger partial charge in [0.15, 0.2) is 0 Å². The van der Waals surface area contributed by atoms with Crippen molar-refractivity contribution in [2.45, 2.75) is 32.2 Å². The van der Waals surface area contributed by atoms with E-state index in [-0.39, 0.29) is 5.82 Å². The maximum absolute atomic E-state index is 13.9. The zero-order chi connectivity index (χ0) is 15.9. The Morgan fingerprint density at radius 1 is 1.50 bits per heavy atom. The summed E-state index contributed by atoms with van der Waals surface area (Å²) in [6, 6.07) is 5.68. The van der Waals surface area contributed by atoms with Crippen molar-refractivity contribution in [1.82, 2.24) is 10.2 Å². The first-order chi connectivity index (χ1) is 10.6. The molecule has 1 aliphatic heterocycles. The zero-order valence-corrected chi connectivity index (χ0v) is 13.9. The number of halogens is 1. The van der Waals surface area contributed by atoms with E-state index in [2.05, 4.69) is 17.3 Å². The Morgan fingerprint density at radius 3 is 2.95 bits per heavy atom. The normalized spacial score (nSPS) is 19.6. The van der Waals surface area contributed by atoms with Gasteiger partial charge in [-0.15, -0.1) is 0 Å². The highest BCUT2D eigenvalue weighted by Gasteiger charge is 2.19. The predicted molar refractivity (Wildman–Crippen MR) is 89.7 cm³/mol. The van der Waals surface area contributed by atoms with Gasteiger partial charge in [-0.05, 0) is 58.5 Å². The molecule has 0 spiro atoms. The first-order valence-electron chi connectivity index (χ1n) is 8.02. The van der Waals surface area contributed by atoms with Crippen LogP contribution in [0.15, 0.2) is 23.8 Å². The van der Waals surface area contributed by atoms with Gasteiger partial charge in [-0.2, -0.15) is 0 Å². The van der Waals surface area contributed by atoms with Crippen LogP contribution in [0.1, 0.15) is 31.7 Å². The van der Waals surface area contributed by atoms with E-state index in [0.29, 0.717) is 11.3 Å². The van der Waals surface area contributed by atoms with Crippen molar-refractivity contribution in [2.24, 2.45) is 0 Å². The lowest BCUT2D eigenvalue weighted by Gasteiger charge is -2.19. The summed E-state index contributed by atoms with van der Waals surface area (Å²) in [4.78, 5) is 2.44. The standard InChI is InChI=1S/C18H27FN2O/c1-14(11-15-6-7-17(22-3)12-18(15)19)13-20-9-8-16-5-4-10-21(16)2/h6-7,11-12,16,20H,4-5,8-10,13H2,1-3H3/b14-11+. The van der Waals surface area contributed by atoms with Gasteiger partial charge in [-0.25, -0.2) is 4.39 Å². The number of rotatable bonds is 7. The molecule has 2 rings (SSSR count). The molecule has 3 nitrogen and oxygen atoms in total. The third kappa shape index (κ3) is 4.82. The number of methoxy groups -OCH3 is 1. The SMILES string of the molecule is COc1ccc(/C=C(\C)CNCCC2CCCN2C)c(F)c1. The molecule has 0 aliphatic carbocycles. The quantitative estimate of drug-likeness (QED) is 0.782. The maximum atomic E-state index is 13.9. The van der Waals surface area contributed by atoms with E-state index in [0.717, 1.165) is 24.7 Å². The molecule has 1 saturated heterocycles. The maximum Gasteiger partial charge on any atom is 0.134 e. The molecule has 0 bridgehead atoms. The fourth-order valence-corrected chi connectivity index (χ4v) is 2.97. The molecule has 0 radical (unpaired) electrons. The van der Waals surface area contributed by atoms with Crippen LogP contribution in [0.25, 0.3) is 6.08 Å². The fraction of sp³-hybridized carbons (Fsp3) is 0.556. The molecule has 1 fully saturated rings. The Morgan fingerprint density at radius 2 is 2.32 bits per heavy atom. The van der Waals surface area contributed by atoms with Gasteiger partial charge >= 0.3 is 0 Å². The van der Waals surface area contributed by atoms with E-state index in [1.54, 1.807) is 19.2 Å². The number of hydrogen-bond donors (Lipinski definition) is 1. The summed E-state index contributed by atoms with van der Waals surface area (Å²) in [5.41, 5.74) is 1.74. The molecule has 1 aromatic rings. The molecule has 1 N–H and O–H groups in total. The highest BCUT2D eigenvalue weighted by atomic mass is 19.1. The Labute approximate surface area is 133 Å². The first-order valence-corrected chi connectivity index (χ1v) is 8.02. The molecule has 1 heterocycles. The third-order valence-corrected chi connectivity index (χ3v) is 4.34. The summed E-state index contributed by atoms with van der Waals surface area (Å²) in [5.74, 6) is 0.303. The van der Waals surface area contributed by atoms with Gasteiger partial charge < -0.3 is 15.0 Å². The van der Waals surface area contributed by atoms with Gasteiger partial charge in [0.05, 0.1) is 7.11 Å². The van der Waals surface area contributed by atoms with Crippen molar-refractivity contribution in [3.8, 4) is 5.75 Å². The van der Waals surface area contributed by atoms with Crippen LogP contribution in [-0.2, 0) is 0 Å². The Balaban J connectivity index is 1.77. The second-order valence-corrected chi connectivity index (χ2v) is 6.12. The molecule has 1 unspecified atom stereocenters. The van der Waals surface area contributed by atoms with E-state index >= 15 is 0 Å². The molecular formula is C18H27FN2O. The average Bonchev–Trinajstić information content (AvgIpc) is 2.91. The van der Waals surface area contributed by atoms with E-state index in [1.807, 2.05) is 13.0 Å². The second kappa shape index (κ2) is 8.30. The number of ether oxygens (including phenoxy) is 1. The van der Waals surface area contributed by atoms with Gasteiger partial charge in [0.1, 0.15) is 11.6 Å². The van der Waals surface area contributed by atoms with Crippen LogP contribution in [0, 0.1) is 5.82 Å². The smallest absolute Gasteiger partial charge is 0.134 e. The minimum Gasteiger partial charge on any atom is -0.497 e. The largest absolute Gasteiger partial charge is 0.497 e. The molecule has 0 saturated carbocycles. The summed E-state index contributed by atoms with van der Waals surface area (Å²) in [7, 11) is 3.75. The van der Waals surface area contributed by atoms with E-state index in [9.17, 15) is 4.39 Å². The number of benzene rings is 1. The van der Waals surface area contributed by atoms with Crippen LogP contribution in [0.3, 0.4) is 0 Å². The average molecular weight is 306 g/mol. The summed E-state index contributed by atoms with van der Waals surface area (Å²) < 4.78 is 18.9. The van der Waals surface area contributed by atoms with Gasteiger partial charge in [-0.3, -0.25) is 0 Å². The lowest BCUT2D eigenvalue weighted by atomic mass is 10.1. The molecule has 0 amide bonds. The lowest BCUT2D eigenvalue weighted by Crippen LogP contribution is -2.29. The summed E-state index contributed by atoms with van der Waals surface area (Å²) in [5, 5.41) is 3.45. The Kier molecular flexibility index (Phi) is 6.40. The zero-order valence-electron chi connectivity index (χ0n) is 13.9. The highest BCUT2D eigenvalue weighted by Crippen LogP contribution is 2.19.